The number of hydrogen-bond donors (Lipinski definition) is 0. The van der Waals surface area contributed by atoms with Crippen molar-refractivity contribution < 1.29 is 13.6 Å². The molecule has 0 aliphatic carbocycles. The van der Waals surface area contributed by atoms with Crippen LogP contribution in [0.15, 0.2) is 0 Å². The molecule has 0 unspecified atom stereocenters. The highest BCUT2D eigenvalue weighted by atomic mass is 16.5. The second-order valence-corrected chi connectivity index (χ2v) is 4.61. The second-order valence-electron chi connectivity index (χ2n) is 4.61. The molecular formula is C15H30O2. The van der Waals surface area contributed by atoms with E-state index in [0.717, 1.165) is 32.1 Å². The van der Waals surface area contributed by atoms with Crippen LogP contribution in [0.25, 0.3) is 0 Å². The lowest BCUT2D eigenvalue weighted by Gasteiger charge is -2.02. The topological polar surface area (TPSA) is 26.3 Å². The molecule has 0 spiro atoms. The summed E-state index contributed by atoms with van der Waals surface area (Å²) in [5, 5.41) is 0. The fourth-order valence-corrected chi connectivity index (χ4v) is 1.91. The lowest BCUT2D eigenvalue weighted by Crippen LogP contribution is -1.99. The molecule has 102 valence electrons. The smallest absolute Gasteiger partial charge is 0.305 e. The van der Waals surface area contributed by atoms with Gasteiger partial charge in [0.1, 0.15) is 0 Å². The van der Waals surface area contributed by atoms with E-state index in [2.05, 4.69) is 4.74 Å². The van der Waals surface area contributed by atoms with Gasteiger partial charge in [-0.25, -0.2) is 0 Å². The highest BCUT2D eigenvalue weighted by molar-refractivity contribution is 5.68. The zero-order chi connectivity index (χ0) is 15.3. The maximum atomic E-state index is 10.9. The standard InChI is InChI=1S/C15H30O2/c1-3-4-5-6-7-8-9-10-11-12-13-14-15(16)17-2/h3-14H2,1-2H3/i1T3. The van der Waals surface area contributed by atoms with Crippen molar-refractivity contribution in [3.05, 3.63) is 0 Å². The normalized spacial score (nSPS) is 13.8. The first kappa shape index (κ1) is 11.6. The van der Waals surface area contributed by atoms with Gasteiger partial charge in [0.15, 0.2) is 0 Å². The van der Waals surface area contributed by atoms with Crippen LogP contribution < -0.4 is 0 Å². The largest absolute Gasteiger partial charge is 0.469 e. The van der Waals surface area contributed by atoms with E-state index in [1.54, 1.807) is 0 Å². The van der Waals surface area contributed by atoms with E-state index in [1.807, 2.05) is 0 Å². The third kappa shape index (κ3) is 13.4. The number of carbonyl (C=O) groups is 1. The molecule has 0 amide bonds. The Morgan fingerprint density at radius 2 is 1.35 bits per heavy atom. The van der Waals surface area contributed by atoms with Gasteiger partial charge in [-0.3, -0.25) is 4.79 Å². The molecule has 0 atom stereocenters. The quantitative estimate of drug-likeness (QED) is 0.364. The summed E-state index contributed by atoms with van der Waals surface area (Å²) in [5.41, 5.74) is 0. The zero-order valence-corrected chi connectivity index (χ0v) is 11.3. The fraction of sp³-hybridized carbons (Fsp3) is 0.933. The van der Waals surface area contributed by atoms with Gasteiger partial charge in [0.25, 0.3) is 0 Å². The molecule has 17 heavy (non-hydrogen) atoms. The number of rotatable bonds is 12. The molecule has 0 aromatic heterocycles. The molecule has 0 radical (unpaired) electrons. The Hall–Kier alpha value is -0.530. The van der Waals surface area contributed by atoms with Crippen LogP contribution >= 0.6 is 0 Å². The first-order chi connectivity index (χ1) is 9.45. The highest BCUT2D eigenvalue weighted by Crippen LogP contribution is 2.11. The number of methoxy groups -OCH3 is 1. The molecule has 0 N–H and O–H groups in total. The van der Waals surface area contributed by atoms with E-state index in [9.17, 15) is 4.79 Å². The summed E-state index contributed by atoms with van der Waals surface area (Å²) in [5.74, 6) is -0.109. The average molecular weight is 248 g/mol. The molecule has 0 rings (SSSR count). The first-order valence-corrected chi connectivity index (χ1v) is 7.02. The molecular weight excluding hydrogens is 212 g/mol. The van der Waals surface area contributed by atoms with E-state index in [4.69, 9.17) is 4.11 Å². The maximum Gasteiger partial charge on any atom is 0.305 e. The Bertz CT molecular complexity index is 240. The number of unbranched alkanes of at least 4 members (excludes halogenated alkanes) is 9. The Kier molecular flexibility index (Phi) is 9.20. The van der Waals surface area contributed by atoms with Crippen molar-refractivity contribution >= 4 is 5.97 Å². The zero-order valence-electron chi connectivity index (χ0n) is 14.3. The van der Waals surface area contributed by atoms with Crippen LogP contribution in [0, 0.1) is 0 Å². The molecule has 0 aromatic carbocycles. The monoisotopic (exact) mass is 248 g/mol. The van der Waals surface area contributed by atoms with Gasteiger partial charge in [0.05, 0.1) is 7.11 Å². The van der Waals surface area contributed by atoms with Crippen molar-refractivity contribution in [2.24, 2.45) is 0 Å². The van der Waals surface area contributed by atoms with Crippen LogP contribution in [-0.4, -0.2) is 13.1 Å². The molecule has 2 nitrogen and oxygen atoms in total. The second kappa shape index (κ2) is 13.5. The summed E-state index contributed by atoms with van der Waals surface area (Å²) < 4.78 is 25.9. The third-order valence-corrected chi connectivity index (χ3v) is 3.04. The van der Waals surface area contributed by atoms with E-state index in [1.165, 1.54) is 39.2 Å². The molecule has 0 aliphatic heterocycles. The minimum Gasteiger partial charge on any atom is -0.469 e. The van der Waals surface area contributed by atoms with Crippen molar-refractivity contribution in [1.29, 1.82) is 0 Å². The lowest BCUT2D eigenvalue weighted by molar-refractivity contribution is -0.140. The predicted molar refractivity (Wildman–Crippen MR) is 73.1 cm³/mol. The van der Waals surface area contributed by atoms with Gasteiger partial charge >= 0.3 is 5.97 Å². The Morgan fingerprint density at radius 1 is 0.882 bits per heavy atom. The van der Waals surface area contributed by atoms with Gasteiger partial charge in [0.2, 0.25) is 0 Å². The van der Waals surface area contributed by atoms with Crippen molar-refractivity contribution in [1.82, 2.24) is 0 Å². The van der Waals surface area contributed by atoms with E-state index < -0.39 is 6.85 Å². The number of ether oxygens (including phenoxy) is 1. The van der Waals surface area contributed by atoms with E-state index >= 15 is 0 Å². The lowest BCUT2D eigenvalue weighted by atomic mass is 10.1. The minimum absolute atomic E-state index is 0.109. The van der Waals surface area contributed by atoms with Gasteiger partial charge in [-0.2, -0.15) is 0 Å². The van der Waals surface area contributed by atoms with Crippen molar-refractivity contribution in [2.45, 2.75) is 83.9 Å². The van der Waals surface area contributed by atoms with Gasteiger partial charge < -0.3 is 4.74 Å². The Balaban J connectivity index is 3.08. The summed E-state index contributed by atoms with van der Waals surface area (Å²) in [6, 6.07) is 0. The predicted octanol–water partition coefficient (Wildman–Crippen LogP) is 4.86. The average Bonchev–Trinajstić information content (AvgIpc) is 2.38. The summed E-state index contributed by atoms with van der Waals surface area (Å²) in [6.45, 7) is -1.75. The molecule has 0 bridgehead atoms. The van der Waals surface area contributed by atoms with Crippen LogP contribution in [0.4, 0.5) is 0 Å². The van der Waals surface area contributed by atoms with Crippen molar-refractivity contribution in [2.75, 3.05) is 7.11 Å². The molecule has 0 fully saturated rings. The van der Waals surface area contributed by atoms with Crippen molar-refractivity contribution in [3.8, 4) is 0 Å². The van der Waals surface area contributed by atoms with Crippen molar-refractivity contribution in [3.63, 3.8) is 0 Å². The molecule has 0 saturated heterocycles. The van der Waals surface area contributed by atoms with Crippen LogP contribution in [0.5, 0.6) is 0 Å². The summed E-state index contributed by atoms with van der Waals surface area (Å²) >= 11 is 0. The molecule has 0 saturated carbocycles. The van der Waals surface area contributed by atoms with Crippen LogP contribution in [0.3, 0.4) is 0 Å². The van der Waals surface area contributed by atoms with Gasteiger partial charge in [0, 0.05) is 10.5 Å². The number of esters is 1. The first-order valence-electron chi connectivity index (χ1n) is 8.52. The Morgan fingerprint density at radius 3 is 1.82 bits per heavy atom. The summed E-state index contributed by atoms with van der Waals surface area (Å²) in [7, 11) is 1.43. The van der Waals surface area contributed by atoms with Crippen LogP contribution in [0.2, 0.25) is 0 Å². The minimum atomic E-state index is -1.75. The molecule has 0 aliphatic rings. The molecule has 0 heterocycles. The summed E-state index contributed by atoms with van der Waals surface area (Å²) in [6.07, 6.45) is 12.1. The fourth-order valence-electron chi connectivity index (χ4n) is 1.91. The van der Waals surface area contributed by atoms with E-state index in [0.29, 0.717) is 12.8 Å². The van der Waals surface area contributed by atoms with Gasteiger partial charge in [-0.1, -0.05) is 71.1 Å². The van der Waals surface area contributed by atoms with Crippen LogP contribution in [-0.2, 0) is 9.53 Å². The van der Waals surface area contributed by atoms with Crippen LogP contribution in [0.1, 0.15) is 88.0 Å². The van der Waals surface area contributed by atoms with Gasteiger partial charge in [-0.05, 0) is 6.42 Å². The Labute approximate surface area is 111 Å². The van der Waals surface area contributed by atoms with Gasteiger partial charge in [-0.15, -0.1) is 0 Å². The maximum absolute atomic E-state index is 10.9. The SMILES string of the molecule is [3H]C([3H])([3H])CCCCCCCCCCCCC(=O)OC. The highest BCUT2D eigenvalue weighted by Gasteiger charge is 1.98. The molecule has 2 heteroatoms. The molecule has 0 aromatic rings. The van der Waals surface area contributed by atoms with E-state index in [-0.39, 0.29) is 5.97 Å². The summed E-state index contributed by atoms with van der Waals surface area (Å²) in [4.78, 5) is 10.9. The third-order valence-electron chi connectivity index (χ3n) is 3.04. The number of hydrogen-bond acceptors (Lipinski definition) is 2. The number of carbonyl (C=O) groups excluding carboxylic acids is 1.